The maximum absolute atomic E-state index is 11.8. The first kappa shape index (κ1) is 15.5. The molecule has 0 aliphatic carbocycles. The van der Waals surface area contributed by atoms with Gasteiger partial charge in [0, 0.05) is 11.9 Å². The van der Waals surface area contributed by atoms with Crippen LogP contribution in [-0.4, -0.2) is 20.1 Å². The van der Waals surface area contributed by atoms with Crippen molar-refractivity contribution in [3.63, 3.8) is 0 Å². The SMILES string of the molecule is Cc1ccccc1[C@H](C)NS(=O)(=O)CCCCCl. The summed E-state index contributed by atoms with van der Waals surface area (Å²) in [5.74, 6) is 0.638. The molecule has 0 saturated heterocycles. The van der Waals surface area contributed by atoms with Gasteiger partial charge in [-0.25, -0.2) is 13.1 Å². The Bertz CT molecular complexity index is 474. The first-order valence-electron chi connectivity index (χ1n) is 6.08. The van der Waals surface area contributed by atoms with Crippen LogP contribution in [0.25, 0.3) is 0 Å². The van der Waals surface area contributed by atoms with Gasteiger partial charge >= 0.3 is 0 Å². The molecular formula is C13H20ClNO2S. The Labute approximate surface area is 115 Å². The van der Waals surface area contributed by atoms with E-state index in [-0.39, 0.29) is 11.8 Å². The molecule has 0 aliphatic rings. The number of nitrogens with one attached hydrogen (secondary N) is 1. The normalized spacial score (nSPS) is 13.5. The van der Waals surface area contributed by atoms with Crippen LogP contribution < -0.4 is 4.72 Å². The minimum Gasteiger partial charge on any atom is -0.212 e. The van der Waals surface area contributed by atoms with E-state index >= 15 is 0 Å². The molecule has 0 radical (unpaired) electrons. The second-order valence-electron chi connectivity index (χ2n) is 4.41. The molecule has 0 fully saturated rings. The van der Waals surface area contributed by atoms with Gasteiger partial charge in [-0.15, -0.1) is 11.6 Å². The Morgan fingerprint density at radius 1 is 1.28 bits per heavy atom. The molecule has 1 aromatic carbocycles. The predicted octanol–water partition coefficient (Wildman–Crippen LogP) is 2.99. The van der Waals surface area contributed by atoms with Crippen LogP contribution in [-0.2, 0) is 10.0 Å². The summed E-state index contributed by atoms with van der Waals surface area (Å²) in [4.78, 5) is 0. The van der Waals surface area contributed by atoms with Crippen molar-refractivity contribution in [3.8, 4) is 0 Å². The second-order valence-corrected chi connectivity index (χ2v) is 6.66. The minimum absolute atomic E-state index is 0.135. The number of sulfonamides is 1. The van der Waals surface area contributed by atoms with Crippen molar-refractivity contribution in [2.45, 2.75) is 32.7 Å². The van der Waals surface area contributed by atoms with Crippen LogP contribution in [0.3, 0.4) is 0 Å². The summed E-state index contributed by atoms with van der Waals surface area (Å²) in [6.45, 7) is 3.84. The fraction of sp³-hybridized carbons (Fsp3) is 0.538. The highest BCUT2D eigenvalue weighted by Crippen LogP contribution is 2.17. The van der Waals surface area contributed by atoms with E-state index in [4.69, 9.17) is 11.6 Å². The van der Waals surface area contributed by atoms with Crippen LogP contribution in [0.4, 0.5) is 0 Å². The number of rotatable bonds is 7. The first-order valence-corrected chi connectivity index (χ1v) is 8.26. The van der Waals surface area contributed by atoms with Gasteiger partial charge in [0.25, 0.3) is 0 Å². The number of alkyl halides is 1. The smallest absolute Gasteiger partial charge is 0.212 e. The first-order chi connectivity index (χ1) is 8.46. The third-order valence-electron chi connectivity index (χ3n) is 2.81. The predicted molar refractivity (Wildman–Crippen MR) is 76.5 cm³/mol. The van der Waals surface area contributed by atoms with E-state index in [1.807, 2.05) is 38.1 Å². The highest BCUT2D eigenvalue weighted by atomic mass is 35.5. The lowest BCUT2D eigenvalue weighted by Gasteiger charge is -2.16. The van der Waals surface area contributed by atoms with Crippen LogP contribution in [0.15, 0.2) is 24.3 Å². The molecule has 3 nitrogen and oxygen atoms in total. The van der Waals surface area contributed by atoms with Crippen molar-refractivity contribution in [1.29, 1.82) is 0 Å². The number of halogens is 1. The maximum Gasteiger partial charge on any atom is 0.212 e. The molecule has 1 atom stereocenters. The molecule has 0 heterocycles. The summed E-state index contributed by atoms with van der Waals surface area (Å²) in [6.07, 6.45) is 1.32. The molecule has 5 heteroatoms. The van der Waals surface area contributed by atoms with Gasteiger partial charge in [0.05, 0.1) is 5.75 Å². The molecule has 0 unspecified atom stereocenters. The Balaban J connectivity index is 2.64. The summed E-state index contributed by atoms with van der Waals surface area (Å²) in [5, 5.41) is 0. The number of unbranched alkanes of at least 4 members (excludes halogenated alkanes) is 1. The summed E-state index contributed by atoms with van der Waals surface area (Å²) in [6, 6.07) is 7.59. The van der Waals surface area contributed by atoms with Gasteiger partial charge in [0.15, 0.2) is 0 Å². The lowest BCUT2D eigenvalue weighted by molar-refractivity contribution is 0.563. The zero-order valence-corrected chi connectivity index (χ0v) is 12.4. The van der Waals surface area contributed by atoms with Gasteiger partial charge in [0.1, 0.15) is 0 Å². The van der Waals surface area contributed by atoms with Crippen molar-refractivity contribution in [3.05, 3.63) is 35.4 Å². The van der Waals surface area contributed by atoms with E-state index in [2.05, 4.69) is 4.72 Å². The average molecular weight is 290 g/mol. The van der Waals surface area contributed by atoms with E-state index in [1.165, 1.54) is 0 Å². The Kier molecular flexibility index (Phi) is 6.12. The van der Waals surface area contributed by atoms with Gasteiger partial charge in [-0.2, -0.15) is 0 Å². The van der Waals surface area contributed by atoms with Crippen molar-refractivity contribution in [1.82, 2.24) is 4.72 Å². The monoisotopic (exact) mass is 289 g/mol. The van der Waals surface area contributed by atoms with Crippen molar-refractivity contribution in [2.24, 2.45) is 0 Å². The van der Waals surface area contributed by atoms with Crippen molar-refractivity contribution >= 4 is 21.6 Å². The molecule has 102 valence electrons. The molecule has 0 spiro atoms. The topological polar surface area (TPSA) is 46.2 Å². The average Bonchev–Trinajstić information content (AvgIpc) is 2.29. The number of hydrogen-bond acceptors (Lipinski definition) is 2. The van der Waals surface area contributed by atoms with Crippen LogP contribution in [0.1, 0.15) is 36.9 Å². The van der Waals surface area contributed by atoms with Gasteiger partial charge in [0.2, 0.25) is 10.0 Å². The highest BCUT2D eigenvalue weighted by molar-refractivity contribution is 7.89. The van der Waals surface area contributed by atoms with Crippen molar-refractivity contribution in [2.75, 3.05) is 11.6 Å². The minimum atomic E-state index is -3.23. The fourth-order valence-electron chi connectivity index (χ4n) is 1.85. The molecule has 0 saturated carbocycles. The van der Waals surface area contributed by atoms with Crippen LogP contribution in [0.2, 0.25) is 0 Å². The molecule has 0 amide bonds. The van der Waals surface area contributed by atoms with Gasteiger partial charge < -0.3 is 0 Å². The largest absolute Gasteiger partial charge is 0.212 e. The highest BCUT2D eigenvalue weighted by Gasteiger charge is 2.16. The van der Waals surface area contributed by atoms with E-state index in [0.29, 0.717) is 12.3 Å². The number of benzene rings is 1. The summed E-state index contributed by atoms with van der Waals surface area (Å²) < 4.78 is 26.4. The Hall–Kier alpha value is -0.580. The zero-order valence-electron chi connectivity index (χ0n) is 10.8. The van der Waals surface area contributed by atoms with E-state index < -0.39 is 10.0 Å². The van der Waals surface area contributed by atoms with E-state index in [0.717, 1.165) is 17.5 Å². The summed E-state index contributed by atoms with van der Waals surface area (Å²) in [5.41, 5.74) is 2.10. The van der Waals surface area contributed by atoms with E-state index in [9.17, 15) is 8.42 Å². The fourth-order valence-corrected chi connectivity index (χ4v) is 3.41. The molecule has 1 N–H and O–H groups in total. The quantitative estimate of drug-likeness (QED) is 0.619. The molecular weight excluding hydrogens is 270 g/mol. The zero-order chi connectivity index (χ0) is 13.6. The Morgan fingerprint density at radius 3 is 2.56 bits per heavy atom. The van der Waals surface area contributed by atoms with E-state index in [1.54, 1.807) is 0 Å². The third kappa shape index (κ3) is 4.96. The standard InChI is InChI=1S/C13H20ClNO2S/c1-11-7-3-4-8-13(11)12(2)15-18(16,17)10-6-5-9-14/h3-4,7-8,12,15H,5-6,9-10H2,1-2H3/t12-/m0/s1. The molecule has 18 heavy (non-hydrogen) atoms. The van der Waals surface area contributed by atoms with Gasteiger partial charge in [-0.05, 0) is 37.8 Å². The molecule has 0 bridgehead atoms. The van der Waals surface area contributed by atoms with Crippen molar-refractivity contribution < 1.29 is 8.42 Å². The lowest BCUT2D eigenvalue weighted by Crippen LogP contribution is -2.29. The van der Waals surface area contributed by atoms with Crippen LogP contribution in [0.5, 0.6) is 0 Å². The lowest BCUT2D eigenvalue weighted by atomic mass is 10.0. The third-order valence-corrected chi connectivity index (χ3v) is 4.61. The van der Waals surface area contributed by atoms with Gasteiger partial charge in [-0.3, -0.25) is 0 Å². The van der Waals surface area contributed by atoms with Gasteiger partial charge in [-0.1, -0.05) is 24.3 Å². The number of aryl methyl sites for hydroxylation is 1. The molecule has 0 aromatic heterocycles. The second kappa shape index (κ2) is 7.12. The summed E-state index contributed by atoms with van der Waals surface area (Å²) >= 11 is 5.54. The summed E-state index contributed by atoms with van der Waals surface area (Å²) in [7, 11) is -3.23. The molecule has 1 rings (SSSR count). The Morgan fingerprint density at radius 2 is 1.94 bits per heavy atom. The van der Waals surface area contributed by atoms with Crippen LogP contribution >= 0.6 is 11.6 Å². The molecule has 1 aromatic rings. The number of hydrogen-bond donors (Lipinski definition) is 1. The van der Waals surface area contributed by atoms with Crippen LogP contribution in [0, 0.1) is 6.92 Å². The maximum atomic E-state index is 11.8. The molecule has 0 aliphatic heterocycles.